The largest absolute Gasteiger partial charge is 0.512 e. The third kappa shape index (κ3) is 10.8. The van der Waals surface area contributed by atoms with Crippen LogP contribution in [0.25, 0.3) is 32.1 Å². The fourth-order valence-corrected chi connectivity index (χ4v) is 14.0. The quantitative estimate of drug-likeness (QED) is 0.0587. The molecule has 7 heteroatoms. The summed E-state index contributed by atoms with van der Waals surface area (Å²) in [6.07, 6.45) is 6.89. The van der Waals surface area contributed by atoms with E-state index >= 15 is 0 Å². The SMILES string of the molecule is CCC(CC)C(=O)/C=C(\O)C(CC)CC.Cc1c([Si](C)(C)c2ccc(C[Si](C)(C)C)cc2)sc2c(-c3[c-]c4ccccc4c(C(C)(C)C)c3)nccc12.[Ir]. The Morgan fingerprint density at radius 2 is 1.46 bits per heavy atom. The average molecular weight is 955 g/mol. The van der Waals surface area contributed by atoms with Crippen LogP contribution < -0.4 is 9.69 Å². The first-order valence-corrected chi connectivity index (χ1v) is 27.3. The second-order valence-corrected chi connectivity index (χ2v) is 28.7. The minimum absolute atomic E-state index is 0. The van der Waals surface area contributed by atoms with Crippen LogP contribution in [0.5, 0.6) is 0 Å². The summed E-state index contributed by atoms with van der Waals surface area (Å²) in [5.74, 6) is 0.547. The maximum Gasteiger partial charge on any atom is 0.162 e. The van der Waals surface area contributed by atoms with Gasteiger partial charge in [-0.1, -0.05) is 145 Å². The van der Waals surface area contributed by atoms with Gasteiger partial charge in [0.05, 0.1) is 5.76 Å². The van der Waals surface area contributed by atoms with Crippen molar-refractivity contribution in [3.05, 3.63) is 101 Å². The minimum atomic E-state index is -1.88. The number of hydrogen-bond acceptors (Lipinski definition) is 4. The molecule has 54 heavy (non-hydrogen) atoms. The molecule has 0 unspecified atom stereocenters. The number of ketones is 1. The number of aliphatic hydroxyl groups is 1. The van der Waals surface area contributed by atoms with Crippen LogP contribution in [0.15, 0.2) is 78.7 Å². The first-order chi connectivity index (χ1) is 24.9. The smallest absolute Gasteiger partial charge is 0.162 e. The molecule has 0 saturated heterocycles. The molecule has 2 heterocycles. The van der Waals surface area contributed by atoms with Crippen molar-refractivity contribution >= 4 is 63.8 Å². The van der Waals surface area contributed by atoms with Crippen LogP contribution in [0.2, 0.25) is 32.7 Å². The monoisotopic (exact) mass is 955 g/mol. The molecular formula is C47H64IrNO2SSi2-. The third-order valence-electron chi connectivity index (χ3n) is 10.8. The Morgan fingerprint density at radius 3 is 2.02 bits per heavy atom. The predicted octanol–water partition coefficient (Wildman–Crippen LogP) is 12.6. The van der Waals surface area contributed by atoms with Crippen molar-refractivity contribution in [3.63, 3.8) is 0 Å². The average Bonchev–Trinajstić information content (AvgIpc) is 3.45. The van der Waals surface area contributed by atoms with Crippen LogP contribution in [0.3, 0.4) is 0 Å². The van der Waals surface area contributed by atoms with Crippen LogP contribution in [0.1, 0.15) is 90.8 Å². The number of nitrogens with zero attached hydrogens (tertiary/aromatic N) is 1. The van der Waals surface area contributed by atoms with Crippen molar-refractivity contribution in [1.82, 2.24) is 4.98 Å². The van der Waals surface area contributed by atoms with Crippen LogP contribution in [-0.4, -0.2) is 32.0 Å². The van der Waals surface area contributed by atoms with Gasteiger partial charge < -0.3 is 5.11 Å². The zero-order valence-corrected chi connectivity index (χ0v) is 40.4. The number of aromatic nitrogens is 1. The van der Waals surface area contributed by atoms with Gasteiger partial charge in [0.2, 0.25) is 0 Å². The summed E-state index contributed by atoms with van der Waals surface area (Å²) in [7, 11) is -3.01. The van der Waals surface area contributed by atoms with E-state index in [1.165, 1.54) is 49.5 Å². The molecular weight excluding hydrogens is 891 g/mol. The molecule has 0 amide bonds. The molecule has 1 radical (unpaired) electrons. The van der Waals surface area contributed by atoms with Gasteiger partial charge in [-0.3, -0.25) is 9.78 Å². The van der Waals surface area contributed by atoms with Crippen molar-refractivity contribution in [2.45, 2.75) is 125 Å². The van der Waals surface area contributed by atoms with Crippen LogP contribution in [0, 0.1) is 24.8 Å². The molecule has 0 bridgehead atoms. The molecule has 3 aromatic carbocycles. The molecule has 0 aliphatic carbocycles. The Hall–Kier alpha value is -2.68. The Balaban J connectivity index is 0.000000418. The molecule has 2 aromatic heterocycles. The standard InChI is InChI=1S/C34H40NSSi2.C13H24O2.Ir/c1-23-28-18-19-35-31(26-20-25-12-10-11-13-29(25)30(21-26)34(2,3)4)32(28)36-33(23)38(8,9)27-16-14-24(15-17-27)22-37(5,6)7;1-5-10(6-2)12(14)9-13(15)11(7-3)8-4;/h10-19,21H,22H2,1-9H3;9-11,14H,5-8H2,1-4H3;/q-1;;/b;12-9-;. The summed E-state index contributed by atoms with van der Waals surface area (Å²) in [5.41, 5.74) is 6.45. The fraction of sp³-hybridized carbons (Fsp3) is 0.447. The molecule has 0 spiro atoms. The number of carbonyl (C=O) groups excluding carboxylic acids is 1. The second kappa shape index (κ2) is 19.0. The van der Waals surface area contributed by atoms with E-state index in [1.807, 2.05) is 45.2 Å². The van der Waals surface area contributed by atoms with Gasteiger partial charge in [0.25, 0.3) is 0 Å². The zero-order chi connectivity index (χ0) is 39.3. The first kappa shape index (κ1) is 45.7. The van der Waals surface area contributed by atoms with Gasteiger partial charge in [-0.15, -0.1) is 29.1 Å². The maximum atomic E-state index is 11.7. The van der Waals surface area contributed by atoms with E-state index < -0.39 is 16.1 Å². The first-order valence-electron chi connectivity index (χ1n) is 19.7. The number of allylic oxidation sites excluding steroid dienone is 2. The number of pyridine rings is 1. The minimum Gasteiger partial charge on any atom is -0.512 e. The van der Waals surface area contributed by atoms with E-state index in [1.54, 1.807) is 4.50 Å². The Bertz CT molecular complexity index is 2040. The predicted molar refractivity (Wildman–Crippen MR) is 239 cm³/mol. The number of benzene rings is 3. The van der Waals surface area contributed by atoms with Gasteiger partial charge in [-0.05, 0) is 65.6 Å². The third-order valence-corrected chi connectivity index (χ3v) is 18.5. The maximum absolute atomic E-state index is 11.7. The fourth-order valence-electron chi connectivity index (χ4n) is 7.48. The zero-order valence-electron chi connectivity index (χ0n) is 35.2. The molecule has 293 valence electrons. The van der Waals surface area contributed by atoms with Crippen molar-refractivity contribution in [3.8, 4) is 11.3 Å². The summed E-state index contributed by atoms with van der Waals surface area (Å²) in [4.78, 5) is 16.7. The van der Waals surface area contributed by atoms with Gasteiger partial charge in [0.1, 0.15) is 8.07 Å². The van der Waals surface area contributed by atoms with Crippen molar-refractivity contribution in [1.29, 1.82) is 0 Å². The van der Waals surface area contributed by atoms with Gasteiger partial charge >= 0.3 is 0 Å². The molecule has 1 N–H and O–H groups in total. The molecule has 0 aliphatic rings. The van der Waals surface area contributed by atoms with E-state index in [9.17, 15) is 9.90 Å². The summed E-state index contributed by atoms with van der Waals surface area (Å²) in [6, 6.07) is 27.8. The molecule has 5 aromatic rings. The second-order valence-electron chi connectivity index (χ2n) is 17.5. The number of carbonyl (C=O) groups is 1. The van der Waals surface area contributed by atoms with Gasteiger partial charge in [-0.2, -0.15) is 11.3 Å². The molecule has 5 rings (SSSR count). The number of hydrogen-bond donors (Lipinski definition) is 1. The Morgan fingerprint density at radius 1 is 0.870 bits per heavy atom. The Labute approximate surface area is 346 Å². The normalized spacial score (nSPS) is 12.6. The molecule has 0 fully saturated rings. The van der Waals surface area contributed by atoms with Crippen molar-refractivity contribution in [2.75, 3.05) is 0 Å². The summed E-state index contributed by atoms with van der Waals surface area (Å²) in [6.45, 7) is 29.6. The van der Waals surface area contributed by atoms with E-state index in [2.05, 4.69) is 127 Å². The number of aryl methyl sites for hydroxylation is 1. The molecule has 0 aliphatic heterocycles. The van der Waals surface area contributed by atoms with Crippen LogP contribution in [0.4, 0.5) is 0 Å². The van der Waals surface area contributed by atoms with Crippen LogP contribution in [-0.2, 0) is 36.4 Å². The topological polar surface area (TPSA) is 50.2 Å². The number of rotatable bonds is 12. The summed E-state index contributed by atoms with van der Waals surface area (Å²) in [5, 5.41) is 15.0. The summed E-state index contributed by atoms with van der Waals surface area (Å²) < 4.78 is 2.85. The molecule has 0 saturated carbocycles. The van der Waals surface area contributed by atoms with E-state index in [0.29, 0.717) is 0 Å². The van der Waals surface area contributed by atoms with Crippen LogP contribution >= 0.6 is 11.3 Å². The number of thiophene rings is 1. The summed E-state index contributed by atoms with van der Waals surface area (Å²) >= 11 is 1.97. The van der Waals surface area contributed by atoms with Crippen molar-refractivity contribution < 1.29 is 30.0 Å². The van der Waals surface area contributed by atoms with Gasteiger partial charge in [-0.25, -0.2) is 0 Å². The number of fused-ring (bicyclic) bond motifs is 2. The molecule has 3 nitrogen and oxygen atoms in total. The van der Waals surface area contributed by atoms with Gasteiger partial charge in [0.15, 0.2) is 5.78 Å². The van der Waals surface area contributed by atoms with Gasteiger partial charge in [0, 0.05) is 62.7 Å². The van der Waals surface area contributed by atoms with E-state index in [0.717, 1.165) is 42.3 Å². The molecule has 0 atom stereocenters. The van der Waals surface area contributed by atoms with Crippen molar-refractivity contribution in [2.24, 2.45) is 11.8 Å². The van der Waals surface area contributed by atoms with E-state index in [-0.39, 0.29) is 48.9 Å². The van der Waals surface area contributed by atoms with E-state index in [4.69, 9.17) is 4.98 Å². The Kier molecular flexibility index (Phi) is 16.1. The number of aliphatic hydroxyl groups excluding tert-OH is 1.